The molecule has 520 valence electrons. The van der Waals surface area contributed by atoms with Crippen LogP contribution < -0.4 is 0 Å². The molecule has 2 aliphatic rings. The van der Waals surface area contributed by atoms with Crippen LogP contribution in [0.1, 0.15) is 49.9 Å². The molecule has 110 heavy (non-hydrogen) atoms. The van der Waals surface area contributed by atoms with E-state index in [0.29, 0.717) is 34.9 Å². The molecular formula is C102H72N8. The fourth-order valence-electron chi connectivity index (χ4n) is 16.2. The van der Waals surface area contributed by atoms with E-state index in [1.807, 2.05) is 85.2 Å². The van der Waals surface area contributed by atoms with Crippen LogP contribution in [0.15, 0.2) is 365 Å². The molecule has 0 bridgehead atoms. The summed E-state index contributed by atoms with van der Waals surface area (Å²) in [6, 6.07) is 120. The van der Waals surface area contributed by atoms with Crippen molar-refractivity contribution in [3.05, 3.63) is 387 Å². The zero-order chi connectivity index (χ0) is 73.9. The zero-order valence-electron chi connectivity index (χ0n) is 61.2. The Morgan fingerprint density at radius 1 is 0.200 bits per heavy atom. The number of nitrogens with zero attached hydrogens (tertiary/aromatic N) is 8. The van der Waals surface area contributed by atoms with E-state index in [1.54, 1.807) is 12.4 Å². The first-order valence-corrected chi connectivity index (χ1v) is 37.4. The van der Waals surface area contributed by atoms with Crippen molar-refractivity contribution in [2.75, 3.05) is 0 Å². The van der Waals surface area contributed by atoms with Crippen molar-refractivity contribution in [2.45, 2.75) is 38.5 Å². The number of aromatic nitrogens is 8. The lowest BCUT2D eigenvalue weighted by Gasteiger charge is -2.23. The molecule has 14 aromatic carbocycles. The molecule has 18 aromatic rings. The van der Waals surface area contributed by atoms with Crippen molar-refractivity contribution in [3.8, 4) is 157 Å². The lowest BCUT2D eigenvalue weighted by Crippen LogP contribution is -2.15. The van der Waals surface area contributed by atoms with Crippen LogP contribution in [0.2, 0.25) is 0 Å². The molecular weight excluding hydrogens is 1340 g/mol. The zero-order valence-corrected chi connectivity index (χ0v) is 61.2. The van der Waals surface area contributed by atoms with Crippen molar-refractivity contribution in [1.82, 2.24) is 39.9 Å². The predicted molar refractivity (Wildman–Crippen MR) is 451 cm³/mol. The highest BCUT2D eigenvalue weighted by atomic mass is 15.0. The van der Waals surface area contributed by atoms with Crippen LogP contribution in [0.3, 0.4) is 0 Å². The number of benzene rings is 14. The van der Waals surface area contributed by atoms with Crippen LogP contribution >= 0.6 is 0 Å². The second kappa shape index (κ2) is 27.7. The van der Waals surface area contributed by atoms with Gasteiger partial charge in [-0.1, -0.05) is 343 Å². The van der Waals surface area contributed by atoms with Gasteiger partial charge in [-0.3, -0.25) is 9.97 Å². The number of hydrogen-bond donors (Lipinski definition) is 0. The third-order valence-electron chi connectivity index (χ3n) is 22.1. The molecule has 8 heteroatoms. The first kappa shape index (κ1) is 66.6. The normalized spacial score (nSPS) is 12.7. The summed E-state index contributed by atoms with van der Waals surface area (Å²) in [7, 11) is 0. The summed E-state index contributed by atoms with van der Waals surface area (Å²) in [6.45, 7) is 9.40. The highest BCUT2D eigenvalue weighted by Gasteiger charge is 2.38. The molecule has 8 nitrogen and oxygen atoms in total. The molecule has 0 saturated carbocycles. The second-order valence-corrected chi connectivity index (χ2v) is 29.5. The Bertz CT molecular complexity index is 6490. The summed E-state index contributed by atoms with van der Waals surface area (Å²) < 4.78 is 0. The van der Waals surface area contributed by atoms with Gasteiger partial charge in [0.2, 0.25) is 0 Å². The quantitative estimate of drug-likeness (QED) is 0.119. The molecule has 0 atom stereocenters. The molecule has 0 aliphatic heterocycles. The van der Waals surface area contributed by atoms with Gasteiger partial charge >= 0.3 is 0 Å². The fraction of sp³-hybridized carbons (Fsp3) is 0.0588. The summed E-state index contributed by atoms with van der Waals surface area (Å²) >= 11 is 0. The Balaban J connectivity index is 0.000000149. The molecule has 0 radical (unpaired) electrons. The largest absolute Gasteiger partial charge is 0.264 e. The predicted octanol–water partition coefficient (Wildman–Crippen LogP) is 25.5. The third kappa shape index (κ3) is 12.4. The molecule has 0 saturated heterocycles. The van der Waals surface area contributed by atoms with E-state index in [2.05, 4.69) is 305 Å². The van der Waals surface area contributed by atoms with Gasteiger partial charge in [0.1, 0.15) is 0 Å². The average molecular weight is 1410 g/mol. The molecule has 0 fully saturated rings. The molecule has 4 aromatic heterocycles. The summed E-state index contributed by atoms with van der Waals surface area (Å²) in [5.74, 6) is 3.82. The maximum absolute atomic E-state index is 4.98. The van der Waals surface area contributed by atoms with E-state index in [0.717, 1.165) is 77.9 Å². The van der Waals surface area contributed by atoms with Crippen molar-refractivity contribution in [3.63, 3.8) is 0 Å². The van der Waals surface area contributed by atoms with Crippen LogP contribution in [0, 0.1) is 0 Å². The molecule has 0 spiro atoms. The molecule has 0 unspecified atom stereocenters. The Morgan fingerprint density at radius 3 is 0.891 bits per heavy atom. The minimum atomic E-state index is -0.0572. The van der Waals surface area contributed by atoms with Gasteiger partial charge in [0, 0.05) is 69.0 Å². The van der Waals surface area contributed by atoms with Gasteiger partial charge in [-0.25, -0.2) is 29.9 Å². The SMILES string of the molecule is CC1(C)c2ccc(-c3ccc(-c4ccc(-c5nc(-c6ccccc6)nc(-c6ccc(-c7cccnc7)cc6)n5)cc4)cc3)cc2-c2c1ccc1ccccc21.CC1(C)c2ccc(-c3ccc(-c4ccc(-c5nc(-c6ccccc6)nc(-c6ccc(-c7cccnc7)cc6)n5)cc4)cc3)cc2-c2ccc3ccccc3c21. The Hall–Kier alpha value is -14.1. The first-order valence-electron chi connectivity index (χ1n) is 37.4. The van der Waals surface area contributed by atoms with E-state index in [9.17, 15) is 0 Å². The Morgan fingerprint density at radius 2 is 0.491 bits per heavy atom. The summed E-state index contributed by atoms with van der Waals surface area (Å²) in [5, 5.41) is 5.25. The van der Waals surface area contributed by atoms with Gasteiger partial charge in [-0.2, -0.15) is 0 Å². The van der Waals surface area contributed by atoms with Gasteiger partial charge < -0.3 is 0 Å². The monoisotopic (exact) mass is 1410 g/mol. The maximum atomic E-state index is 4.98. The minimum absolute atomic E-state index is 0.0402. The van der Waals surface area contributed by atoms with Crippen molar-refractivity contribution >= 4 is 21.5 Å². The Kier molecular flexibility index (Phi) is 16.8. The maximum Gasteiger partial charge on any atom is 0.164 e. The number of pyridine rings is 2. The van der Waals surface area contributed by atoms with Crippen LogP contribution in [-0.2, 0) is 10.8 Å². The molecule has 4 heterocycles. The van der Waals surface area contributed by atoms with Crippen LogP contribution in [0.5, 0.6) is 0 Å². The van der Waals surface area contributed by atoms with Gasteiger partial charge in [0.05, 0.1) is 0 Å². The van der Waals surface area contributed by atoms with Crippen LogP contribution in [0.4, 0.5) is 0 Å². The van der Waals surface area contributed by atoms with Gasteiger partial charge in [0.15, 0.2) is 34.9 Å². The van der Waals surface area contributed by atoms with Crippen LogP contribution in [0.25, 0.3) is 179 Å². The van der Waals surface area contributed by atoms with E-state index in [1.165, 1.54) is 88.3 Å². The van der Waals surface area contributed by atoms with E-state index in [-0.39, 0.29) is 10.8 Å². The highest BCUT2D eigenvalue weighted by molar-refractivity contribution is 6.03. The summed E-state index contributed by atoms with van der Waals surface area (Å²) in [5.41, 5.74) is 30.3. The molecule has 0 N–H and O–H groups in total. The smallest absolute Gasteiger partial charge is 0.164 e. The second-order valence-electron chi connectivity index (χ2n) is 29.5. The van der Waals surface area contributed by atoms with Gasteiger partial charge in [0.25, 0.3) is 0 Å². The lowest BCUT2D eigenvalue weighted by molar-refractivity contribution is 0.661. The van der Waals surface area contributed by atoms with Gasteiger partial charge in [-0.05, 0) is 157 Å². The van der Waals surface area contributed by atoms with Gasteiger partial charge in [-0.15, -0.1) is 0 Å². The number of fused-ring (bicyclic) bond motifs is 10. The summed E-state index contributed by atoms with van der Waals surface area (Å²) in [4.78, 5) is 38.2. The van der Waals surface area contributed by atoms with Crippen LogP contribution in [-0.4, -0.2) is 39.9 Å². The van der Waals surface area contributed by atoms with E-state index in [4.69, 9.17) is 29.9 Å². The fourth-order valence-corrected chi connectivity index (χ4v) is 16.2. The van der Waals surface area contributed by atoms with Crippen molar-refractivity contribution < 1.29 is 0 Å². The number of hydrogen-bond acceptors (Lipinski definition) is 8. The lowest BCUT2D eigenvalue weighted by atomic mass is 9.80. The van der Waals surface area contributed by atoms with E-state index < -0.39 is 0 Å². The summed E-state index contributed by atoms with van der Waals surface area (Å²) in [6.07, 6.45) is 7.32. The first-order chi connectivity index (χ1) is 54.0. The molecule has 2 aliphatic carbocycles. The number of rotatable bonds is 12. The molecule has 20 rings (SSSR count). The third-order valence-corrected chi connectivity index (χ3v) is 22.1. The molecule has 0 amide bonds. The van der Waals surface area contributed by atoms with Crippen molar-refractivity contribution in [2.24, 2.45) is 0 Å². The average Bonchev–Trinajstić information content (AvgIpc) is 1.57. The minimum Gasteiger partial charge on any atom is -0.264 e. The van der Waals surface area contributed by atoms with Crippen molar-refractivity contribution in [1.29, 1.82) is 0 Å². The Labute approximate surface area is 640 Å². The topological polar surface area (TPSA) is 103 Å². The highest BCUT2D eigenvalue weighted by Crippen LogP contribution is 2.54. The van der Waals surface area contributed by atoms with E-state index >= 15 is 0 Å². The standard InChI is InChI=1S/2C51H36N4/c1-51(2)45-28-27-41(31-44(45)47-43-13-7-6-9-37(43)26-29-46(47)51)35-16-14-33(15-17-35)34-18-22-39(23-19-34)49-53-48(38-10-4-3-5-11-38)54-50(55-49)40-24-20-36(21-25-40)42-12-8-30-52-32-42;1-51(2)46-29-27-41(31-45(46)44-28-26-37-9-6-7-13-43(37)47(44)51)35-16-14-33(15-17-35)34-18-22-39(23-19-34)49-53-48(38-10-4-3-5-11-38)54-50(55-49)40-24-20-36(21-25-40)42-12-8-30-52-32-42/h2*3-32H,1-2H3.